The molecule has 0 bridgehead atoms. The monoisotopic (exact) mass is 578 g/mol. The highest BCUT2D eigenvalue weighted by Crippen LogP contribution is 2.39. The van der Waals surface area contributed by atoms with Crippen molar-refractivity contribution in [1.29, 1.82) is 0 Å². The first kappa shape index (κ1) is 26.6. The van der Waals surface area contributed by atoms with Crippen molar-refractivity contribution in [1.82, 2.24) is 0 Å². The maximum Gasteiger partial charge on any atom is 0.346 e. The summed E-state index contributed by atoms with van der Waals surface area (Å²) in [7, 11) is 0. The molecule has 0 saturated carbocycles. The zero-order chi connectivity index (χ0) is 30.3. The first-order valence-corrected chi connectivity index (χ1v) is 14.9. The van der Waals surface area contributed by atoms with Crippen molar-refractivity contribution >= 4 is 55.0 Å². The van der Waals surface area contributed by atoms with E-state index in [-0.39, 0.29) is 0 Å². The van der Waals surface area contributed by atoms with Crippen LogP contribution < -0.4 is 0 Å². The molecule has 0 aromatic heterocycles. The summed E-state index contributed by atoms with van der Waals surface area (Å²) < 4.78 is 5.79. The highest BCUT2D eigenvalue weighted by atomic mass is 16.6. The SMILES string of the molecule is O=C(OC(=O)c1ccc2ccccc2c1-c1cccc2ccccc12)c1ccc2ccccc2c1-c1cccc2ccccc12. The molecular formula is C42H26O3. The second kappa shape index (κ2) is 10.9. The fraction of sp³-hybridized carbons (Fsp3) is 0. The number of benzene rings is 8. The average molecular weight is 579 g/mol. The highest BCUT2D eigenvalue weighted by molar-refractivity contribution is 6.18. The smallest absolute Gasteiger partial charge is 0.346 e. The summed E-state index contributed by atoms with van der Waals surface area (Å²) in [6.45, 7) is 0. The number of rotatable bonds is 4. The molecule has 3 heteroatoms. The van der Waals surface area contributed by atoms with E-state index in [9.17, 15) is 9.59 Å². The number of esters is 2. The minimum atomic E-state index is -0.689. The third-order valence-electron chi connectivity index (χ3n) is 8.60. The van der Waals surface area contributed by atoms with Gasteiger partial charge in [-0.1, -0.05) is 146 Å². The fourth-order valence-electron chi connectivity index (χ4n) is 6.54. The lowest BCUT2D eigenvalue weighted by atomic mass is 9.89. The zero-order valence-electron chi connectivity index (χ0n) is 24.2. The second-order valence-electron chi connectivity index (χ2n) is 11.1. The Bertz CT molecular complexity index is 2270. The lowest BCUT2D eigenvalue weighted by molar-refractivity contribution is 0.0399. The van der Waals surface area contributed by atoms with E-state index in [4.69, 9.17) is 4.74 Å². The average Bonchev–Trinajstić information content (AvgIpc) is 3.10. The van der Waals surface area contributed by atoms with Gasteiger partial charge in [0, 0.05) is 11.1 Å². The van der Waals surface area contributed by atoms with Crippen LogP contribution in [0, 0.1) is 0 Å². The van der Waals surface area contributed by atoms with Crippen LogP contribution in [0.3, 0.4) is 0 Å². The van der Waals surface area contributed by atoms with E-state index < -0.39 is 11.9 Å². The molecule has 0 amide bonds. The lowest BCUT2D eigenvalue weighted by Gasteiger charge is -2.17. The fourth-order valence-corrected chi connectivity index (χ4v) is 6.54. The van der Waals surface area contributed by atoms with Gasteiger partial charge in [0.05, 0.1) is 11.1 Å². The maximum atomic E-state index is 14.1. The molecule has 0 aliphatic heterocycles. The highest BCUT2D eigenvalue weighted by Gasteiger charge is 2.25. The zero-order valence-corrected chi connectivity index (χ0v) is 24.2. The van der Waals surface area contributed by atoms with Crippen LogP contribution in [0.15, 0.2) is 158 Å². The largest absolute Gasteiger partial charge is 0.386 e. The molecule has 0 aliphatic rings. The second-order valence-corrected chi connectivity index (χ2v) is 11.1. The molecule has 8 rings (SSSR count). The Morgan fingerprint density at radius 2 is 0.667 bits per heavy atom. The Kier molecular flexibility index (Phi) is 6.43. The molecule has 0 saturated heterocycles. The van der Waals surface area contributed by atoms with Gasteiger partial charge in [-0.2, -0.15) is 0 Å². The van der Waals surface area contributed by atoms with Gasteiger partial charge in [0.1, 0.15) is 0 Å². The van der Waals surface area contributed by atoms with Gasteiger partial charge in [-0.3, -0.25) is 0 Å². The molecule has 8 aromatic carbocycles. The number of hydrogen-bond donors (Lipinski definition) is 0. The van der Waals surface area contributed by atoms with Gasteiger partial charge >= 0.3 is 11.9 Å². The van der Waals surface area contributed by atoms with Crippen LogP contribution in [0.2, 0.25) is 0 Å². The van der Waals surface area contributed by atoms with Crippen molar-refractivity contribution < 1.29 is 14.3 Å². The maximum absolute atomic E-state index is 14.1. The summed E-state index contributed by atoms with van der Waals surface area (Å²) in [5.74, 6) is -1.38. The first-order chi connectivity index (χ1) is 22.2. The predicted octanol–water partition coefficient (Wildman–Crippen LogP) is 10.6. The number of carbonyl (C=O) groups is 2. The summed E-state index contributed by atoms with van der Waals surface area (Å²) in [4.78, 5) is 28.2. The molecule has 0 fully saturated rings. The Balaban J connectivity index is 1.28. The summed E-state index contributed by atoms with van der Waals surface area (Å²) in [5, 5.41) is 7.99. The minimum absolute atomic E-state index is 0.339. The van der Waals surface area contributed by atoms with Crippen LogP contribution in [-0.2, 0) is 4.74 Å². The molecule has 0 radical (unpaired) electrons. The standard InChI is InChI=1S/C42H26O3/c43-41(37-25-23-29-13-3-7-19-33(29)39(37)35-21-9-15-27-11-1-5-17-31(27)35)45-42(44)38-26-24-30-14-4-8-20-34(30)40(38)36-22-10-16-28-12-2-6-18-32(28)36/h1-26H. The molecule has 0 spiro atoms. The van der Waals surface area contributed by atoms with Crippen molar-refractivity contribution in [3.05, 3.63) is 169 Å². The van der Waals surface area contributed by atoms with E-state index in [1.807, 2.05) is 109 Å². The molecular weight excluding hydrogens is 552 g/mol. The number of fused-ring (bicyclic) bond motifs is 4. The first-order valence-electron chi connectivity index (χ1n) is 14.9. The van der Waals surface area contributed by atoms with Gasteiger partial charge in [-0.05, 0) is 66.3 Å². The van der Waals surface area contributed by atoms with Gasteiger partial charge < -0.3 is 4.74 Å². The molecule has 0 unspecified atom stereocenters. The molecule has 212 valence electrons. The minimum Gasteiger partial charge on any atom is -0.386 e. The van der Waals surface area contributed by atoms with Gasteiger partial charge in [0.15, 0.2) is 0 Å². The third-order valence-corrected chi connectivity index (χ3v) is 8.60. The topological polar surface area (TPSA) is 43.4 Å². The van der Waals surface area contributed by atoms with E-state index in [0.717, 1.165) is 65.3 Å². The van der Waals surface area contributed by atoms with E-state index in [1.165, 1.54) is 0 Å². The molecule has 45 heavy (non-hydrogen) atoms. The van der Waals surface area contributed by atoms with E-state index in [0.29, 0.717) is 11.1 Å². The van der Waals surface area contributed by atoms with Crippen LogP contribution in [0.25, 0.3) is 65.3 Å². The van der Waals surface area contributed by atoms with E-state index in [2.05, 4.69) is 36.4 Å². The van der Waals surface area contributed by atoms with Crippen LogP contribution in [-0.4, -0.2) is 11.9 Å². The molecule has 3 nitrogen and oxygen atoms in total. The van der Waals surface area contributed by atoms with E-state index >= 15 is 0 Å². The molecule has 0 aliphatic carbocycles. The number of carbonyl (C=O) groups excluding carboxylic acids is 2. The Morgan fingerprint density at radius 1 is 0.333 bits per heavy atom. The van der Waals surface area contributed by atoms with Crippen molar-refractivity contribution in [3.8, 4) is 22.3 Å². The predicted molar refractivity (Wildman–Crippen MR) is 184 cm³/mol. The number of hydrogen-bond acceptors (Lipinski definition) is 3. The Morgan fingerprint density at radius 3 is 1.09 bits per heavy atom. The summed E-state index contributed by atoms with van der Waals surface area (Å²) in [6.07, 6.45) is 0. The summed E-state index contributed by atoms with van der Waals surface area (Å²) >= 11 is 0. The van der Waals surface area contributed by atoms with Crippen LogP contribution in [0.5, 0.6) is 0 Å². The van der Waals surface area contributed by atoms with Crippen molar-refractivity contribution in [3.63, 3.8) is 0 Å². The van der Waals surface area contributed by atoms with Crippen LogP contribution in [0.4, 0.5) is 0 Å². The Hall–Kier alpha value is -6.06. The van der Waals surface area contributed by atoms with Crippen molar-refractivity contribution in [2.75, 3.05) is 0 Å². The van der Waals surface area contributed by atoms with Gasteiger partial charge in [-0.25, -0.2) is 9.59 Å². The van der Waals surface area contributed by atoms with E-state index in [1.54, 1.807) is 12.1 Å². The Labute approximate surface area is 259 Å². The molecule has 0 N–H and O–H groups in total. The van der Waals surface area contributed by atoms with Crippen LogP contribution in [0.1, 0.15) is 20.7 Å². The number of ether oxygens (including phenoxy) is 1. The molecule has 0 atom stereocenters. The van der Waals surface area contributed by atoms with Gasteiger partial charge in [0.25, 0.3) is 0 Å². The molecule has 0 heterocycles. The van der Waals surface area contributed by atoms with Gasteiger partial charge in [0.2, 0.25) is 0 Å². The summed E-state index contributed by atoms with van der Waals surface area (Å²) in [6, 6.07) is 51.6. The molecule has 8 aromatic rings. The van der Waals surface area contributed by atoms with Crippen molar-refractivity contribution in [2.24, 2.45) is 0 Å². The van der Waals surface area contributed by atoms with Gasteiger partial charge in [-0.15, -0.1) is 0 Å². The third kappa shape index (κ3) is 4.54. The lowest BCUT2D eigenvalue weighted by Crippen LogP contribution is -2.15. The van der Waals surface area contributed by atoms with Crippen molar-refractivity contribution in [2.45, 2.75) is 0 Å². The summed E-state index contributed by atoms with van der Waals surface area (Å²) in [5.41, 5.74) is 3.99. The quantitative estimate of drug-likeness (QED) is 0.154. The van der Waals surface area contributed by atoms with Crippen LogP contribution >= 0.6 is 0 Å². The normalized spacial score (nSPS) is 11.3.